The van der Waals surface area contributed by atoms with Gasteiger partial charge in [0.25, 0.3) is 0 Å². The highest BCUT2D eigenvalue weighted by atomic mass is 16.5. The number of hydrogen-bond donors (Lipinski definition) is 5. The van der Waals surface area contributed by atoms with Gasteiger partial charge in [0.1, 0.15) is 19.4 Å². The van der Waals surface area contributed by atoms with Crippen LogP contribution in [-0.4, -0.2) is 68.3 Å². The van der Waals surface area contributed by atoms with E-state index in [4.69, 9.17) is 5.11 Å². The van der Waals surface area contributed by atoms with Crippen LogP contribution in [0, 0.1) is 0 Å². The van der Waals surface area contributed by atoms with Crippen molar-refractivity contribution in [3.8, 4) is 0 Å². The van der Waals surface area contributed by atoms with Crippen LogP contribution < -0.4 is 21.3 Å². The van der Waals surface area contributed by atoms with E-state index in [1.54, 1.807) is 7.05 Å². The van der Waals surface area contributed by atoms with E-state index in [0.29, 0.717) is 0 Å². The summed E-state index contributed by atoms with van der Waals surface area (Å²) in [5.41, 5.74) is 0.855. The second kappa shape index (κ2) is 12.4. The maximum Gasteiger partial charge on any atom is 0.329 e. The Morgan fingerprint density at radius 1 is 1.04 bits per heavy atom. The first kappa shape index (κ1) is 22.1. The molecule has 0 aliphatic rings. The Bertz CT molecular complexity index is 638. The summed E-state index contributed by atoms with van der Waals surface area (Å²) >= 11 is 0. The minimum absolute atomic E-state index is 0.0555. The predicted molar refractivity (Wildman–Crippen MR) is 95.6 cm³/mol. The number of aliphatic carboxylic acids is 1. The number of benzene rings is 1. The normalized spacial score (nSPS) is 11.3. The first-order valence-electron chi connectivity index (χ1n) is 8.24. The average molecular weight is 380 g/mol. The number of amides is 3. The summed E-state index contributed by atoms with van der Waals surface area (Å²) in [6, 6.07) is 8.31. The van der Waals surface area contributed by atoms with Gasteiger partial charge in [-0.15, -0.1) is 0 Å². The molecule has 0 saturated carbocycles. The highest BCUT2D eigenvalue weighted by molar-refractivity contribution is 5.91. The zero-order valence-corrected chi connectivity index (χ0v) is 15.0. The Kier molecular flexibility index (Phi) is 10.1. The maximum atomic E-state index is 12.4. The number of hydrogen-bond acceptors (Lipinski definition) is 6. The fraction of sp³-hybridized carbons (Fsp3) is 0.412. The van der Waals surface area contributed by atoms with Crippen LogP contribution in [0.5, 0.6) is 0 Å². The Morgan fingerprint density at radius 3 is 2.37 bits per heavy atom. The van der Waals surface area contributed by atoms with Crippen molar-refractivity contribution in [3.05, 3.63) is 35.9 Å². The van der Waals surface area contributed by atoms with Crippen LogP contribution in [-0.2, 0) is 30.3 Å². The molecule has 27 heavy (non-hydrogen) atoms. The molecule has 3 amide bonds. The van der Waals surface area contributed by atoms with Gasteiger partial charge in [-0.3, -0.25) is 14.4 Å². The lowest BCUT2D eigenvalue weighted by molar-refractivity contribution is -0.143. The fourth-order valence-corrected chi connectivity index (χ4v) is 2.09. The molecule has 1 unspecified atom stereocenters. The molecule has 0 radical (unpaired) electrons. The SMILES string of the molecule is CNCC(=O)NC(Cc1ccccc1)C(=O)NCC(=O)NCOCC(=O)O. The lowest BCUT2D eigenvalue weighted by atomic mass is 10.1. The lowest BCUT2D eigenvalue weighted by Crippen LogP contribution is -2.51. The summed E-state index contributed by atoms with van der Waals surface area (Å²) in [4.78, 5) is 46.1. The zero-order valence-electron chi connectivity index (χ0n) is 15.0. The summed E-state index contributed by atoms with van der Waals surface area (Å²) in [6.07, 6.45) is 0.269. The van der Waals surface area contributed by atoms with Crippen molar-refractivity contribution in [2.45, 2.75) is 12.5 Å². The van der Waals surface area contributed by atoms with Gasteiger partial charge in [0.05, 0.1) is 13.1 Å². The van der Waals surface area contributed by atoms with E-state index in [9.17, 15) is 19.2 Å². The smallest absolute Gasteiger partial charge is 0.329 e. The molecule has 1 atom stereocenters. The third-order valence-corrected chi connectivity index (χ3v) is 3.29. The van der Waals surface area contributed by atoms with Gasteiger partial charge in [-0.05, 0) is 12.6 Å². The number of rotatable bonds is 12. The standard InChI is InChI=1S/C17H24N4O6/c1-18-8-15(23)21-13(7-12-5-3-2-4-6-12)17(26)19-9-14(22)20-11-27-10-16(24)25/h2-6,13,18H,7-11H2,1H3,(H,19,26)(H,20,22)(H,21,23)(H,24,25). The van der Waals surface area contributed by atoms with Crippen LogP contribution in [0.25, 0.3) is 0 Å². The monoisotopic (exact) mass is 380 g/mol. The minimum atomic E-state index is -1.15. The third kappa shape index (κ3) is 9.92. The summed E-state index contributed by atoms with van der Waals surface area (Å²) < 4.78 is 4.67. The minimum Gasteiger partial charge on any atom is -0.480 e. The Morgan fingerprint density at radius 2 is 1.74 bits per heavy atom. The van der Waals surface area contributed by atoms with Crippen molar-refractivity contribution < 1.29 is 29.0 Å². The quantitative estimate of drug-likeness (QED) is 0.213. The molecule has 0 saturated heterocycles. The largest absolute Gasteiger partial charge is 0.480 e. The van der Waals surface area contributed by atoms with Gasteiger partial charge < -0.3 is 31.1 Å². The zero-order chi connectivity index (χ0) is 20.1. The van der Waals surface area contributed by atoms with E-state index < -0.39 is 30.4 Å². The molecule has 0 aromatic heterocycles. The van der Waals surface area contributed by atoms with Crippen molar-refractivity contribution in [1.29, 1.82) is 0 Å². The Hall–Kier alpha value is -2.98. The van der Waals surface area contributed by atoms with Gasteiger partial charge in [-0.1, -0.05) is 30.3 Å². The van der Waals surface area contributed by atoms with Crippen LogP contribution in [0.4, 0.5) is 0 Å². The number of carbonyl (C=O) groups is 4. The van der Waals surface area contributed by atoms with Gasteiger partial charge in [0.2, 0.25) is 17.7 Å². The molecule has 0 aliphatic heterocycles. The number of likely N-dealkylation sites (N-methyl/N-ethyl adjacent to an activating group) is 1. The summed E-state index contributed by atoms with van der Waals surface area (Å²) in [6.45, 7) is -1.10. The average Bonchev–Trinajstić information content (AvgIpc) is 2.63. The number of ether oxygens (including phenoxy) is 1. The molecule has 0 fully saturated rings. The van der Waals surface area contributed by atoms with Gasteiger partial charge in [-0.25, -0.2) is 4.79 Å². The van der Waals surface area contributed by atoms with Crippen LogP contribution in [0.15, 0.2) is 30.3 Å². The fourth-order valence-electron chi connectivity index (χ4n) is 2.09. The van der Waals surface area contributed by atoms with Crippen LogP contribution in [0.2, 0.25) is 0 Å². The van der Waals surface area contributed by atoms with E-state index in [0.717, 1.165) is 5.56 Å². The first-order valence-corrected chi connectivity index (χ1v) is 8.24. The van der Waals surface area contributed by atoms with E-state index in [1.807, 2.05) is 30.3 Å². The highest BCUT2D eigenvalue weighted by Gasteiger charge is 2.21. The van der Waals surface area contributed by atoms with Crippen molar-refractivity contribution in [1.82, 2.24) is 21.3 Å². The molecule has 0 heterocycles. The van der Waals surface area contributed by atoms with Gasteiger partial charge >= 0.3 is 5.97 Å². The molecule has 10 heteroatoms. The number of nitrogens with one attached hydrogen (secondary N) is 4. The highest BCUT2D eigenvalue weighted by Crippen LogP contribution is 2.03. The molecule has 148 valence electrons. The van der Waals surface area contributed by atoms with E-state index in [1.165, 1.54) is 0 Å². The first-order chi connectivity index (χ1) is 12.9. The third-order valence-electron chi connectivity index (χ3n) is 3.29. The molecule has 0 bridgehead atoms. The second-order valence-electron chi connectivity index (χ2n) is 5.54. The molecular weight excluding hydrogens is 356 g/mol. The molecular formula is C17H24N4O6. The molecule has 10 nitrogen and oxygen atoms in total. The number of carboxylic acid groups (broad SMARTS) is 1. The van der Waals surface area contributed by atoms with Gasteiger partial charge in [0, 0.05) is 6.42 Å². The maximum absolute atomic E-state index is 12.4. The number of carboxylic acids is 1. The summed E-state index contributed by atoms with van der Waals surface area (Å²) in [7, 11) is 1.61. The predicted octanol–water partition coefficient (Wildman–Crippen LogP) is -1.78. The van der Waals surface area contributed by atoms with Gasteiger partial charge in [-0.2, -0.15) is 0 Å². The van der Waals surface area contributed by atoms with E-state index in [2.05, 4.69) is 26.0 Å². The van der Waals surface area contributed by atoms with Crippen molar-refractivity contribution in [2.24, 2.45) is 0 Å². The molecule has 5 N–H and O–H groups in total. The second-order valence-corrected chi connectivity index (χ2v) is 5.54. The summed E-state index contributed by atoms with van der Waals surface area (Å²) in [5, 5.41) is 18.5. The van der Waals surface area contributed by atoms with Crippen LogP contribution in [0.1, 0.15) is 5.56 Å². The topological polar surface area (TPSA) is 146 Å². The van der Waals surface area contributed by atoms with Crippen LogP contribution >= 0.6 is 0 Å². The molecule has 1 aromatic carbocycles. The Labute approximate surface area is 156 Å². The lowest BCUT2D eigenvalue weighted by Gasteiger charge is -2.18. The summed E-state index contributed by atoms with van der Waals surface area (Å²) in [5.74, 6) is -2.56. The molecule has 0 spiro atoms. The number of carbonyl (C=O) groups excluding carboxylic acids is 3. The molecule has 0 aliphatic carbocycles. The van der Waals surface area contributed by atoms with E-state index >= 15 is 0 Å². The van der Waals surface area contributed by atoms with E-state index in [-0.39, 0.29) is 32.1 Å². The van der Waals surface area contributed by atoms with Crippen LogP contribution in [0.3, 0.4) is 0 Å². The molecule has 1 rings (SSSR count). The van der Waals surface area contributed by atoms with Crippen molar-refractivity contribution in [2.75, 3.05) is 33.5 Å². The van der Waals surface area contributed by atoms with Gasteiger partial charge in [0.15, 0.2) is 0 Å². The Balaban J connectivity index is 2.52. The van der Waals surface area contributed by atoms with Crippen molar-refractivity contribution >= 4 is 23.7 Å². The molecule has 1 aromatic rings. The van der Waals surface area contributed by atoms with Crippen molar-refractivity contribution in [3.63, 3.8) is 0 Å².